The van der Waals surface area contributed by atoms with Gasteiger partial charge in [0.15, 0.2) is 0 Å². The van der Waals surface area contributed by atoms with Crippen molar-refractivity contribution in [2.75, 3.05) is 6.54 Å². The number of piperidine rings is 1. The summed E-state index contributed by atoms with van der Waals surface area (Å²) < 4.78 is 0. The van der Waals surface area contributed by atoms with Crippen LogP contribution in [-0.2, 0) is 4.79 Å². The largest absolute Gasteiger partial charge is 0.336 e. The molecule has 1 aromatic rings. The molecule has 0 unspecified atom stereocenters. The summed E-state index contributed by atoms with van der Waals surface area (Å²) in [6.45, 7) is 0.910. The number of benzene rings is 1. The third kappa shape index (κ3) is 1.99. The van der Waals surface area contributed by atoms with Crippen LogP contribution in [0.1, 0.15) is 30.7 Å². The highest BCUT2D eigenvalue weighted by atomic mass is 16.2. The molecule has 1 aromatic carbocycles. The van der Waals surface area contributed by atoms with Gasteiger partial charge in [0.05, 0.1) is 0 Å². The van der Waals surface area contributed by atoms with Gasteiger partial charge < -0.3 is 4.90 Å². The predicted octanol–water partition coefficient (Wildman–Crippen LogP) is 2.72. The number of nitrogens with zero attached hydrogens (tertiary/aromatic N) is 1. The molecule has 0 N–H and O–H groups in total. The lowest BCUT2D eigenvalue weighted by Crippen LogP contribution is -2.46. The predicted molar refractivity (Wildman–Crippen MR) is 67.7 cm³/mol. The lowest BCUT2D eigenvalue weighted by molar-refractivity contribution is -0.130. The molecule has 1 amide bonds. The third-order valence-electron chi connectivity index (χ3n) is 3.94. The van der Waals surface area contributed by atoms with Crippen LogP contribution in [0.25, 0.3) is 0 Å². The Balaban J connectivity index is 1.77. The van der Waals surface area contributed by atoms with E-state index in [-0.39, 0.29) is 5.91 Å². The molecule has 1 saturated heterocycles. The highest BCUT2D eigenvalue weighted by Gasteiger charge is 2.32. The summed E-state index contributed by atoms with van der Waals surface area (Å²) in [4.78, 5) is 13.8. The van der Waals surface area contributed by atoms with Crippen LogP contribution in [0, 0.1) is 0 Å². The quantitative estimate of drug-likeness (QED) is 0.722. The van der Waals surface area contributed by atoms with E-state index < -0.39 is 0 Å². The average Bonchev–Trinajstić information content (AvgIpc) is 2.40. The smallest absolute Gasteiger partial charge is 0.246 e. The second-order valence-corrected chi connectivity index (χ2v) is 4.96. The van der Waals surface area contributed by atoms with E-state index in [2.05, 4.69) is 30.3 Å². The maximum Gasteiger partial charge on any atom is 0.246 e. The van der Waals surface area contributed by atoms with Gasteiger partial charge in [0.1, 0.15) is 0 Å². The van der Waals surface area contributed by atoms with Crippen LogP contribution >= 0.6 is 0 Å². The number of hydrogen-bond donors (Lipinski definition) is 0. The first-order chi connectivity index (χ1) is 8.34. The summed E-state index contributed by atoms with van der Waals surface area (Å²) in [5, 5.41) is 0. The van der Waals surface area contributed by atoms with E-state index in [0.29, 0.717) is 12.0 Å². The summed E-state index contributed by atoms with van der Waals surface area (Å²) in [5.41, 5.74) is 1.43. The maximum absolute atomic E-state index is 11.7. The Bertz CT molecular complexity index is 437. The summed E-state index contributed by atoms with van der Waals surface area (Å²) in [7, 11) is 0. The van der Waals surface area contributed by atoms with E-state index >= 15 is 0 Å². The van der Waals surface area contributed by atoms with Gasteiger partial charge in [0.2, 0.25) is 5.91 Å². The monoisotopic (exact) mass is 227 g/mol. The zero-order valence-electron chi connectivity index (χ0n) is 9.88. The number of carbonyl (C=O) groups excluding carboxylic acids is 1. The SMILES string of the molecule is O=C1C=CC[C@H]2C[C@H](c3ccccc3)CCN12. The Labute approximate surface area is 102 Å². The molecule has 3 rings (SSSR count). The number of rotatable bonds is 1. The fourth-order valence-electron chi connectivity index (χ4n) is 3.01. The van der Waals surface area contributed by atoms with Crippen molar-refractivity contribution < 1.29 is 4.79 Å². The highest BCUT2D eigenvalue weighted by molar-refractivity contribution is 5.88. The summed E-state index contributed by atoms with van der Waals surface area (Å²) in [6, 6.07) is 11.1. The molecule has 0 saturated carbocycles. The van der Waals surface area contributed by atoms with Gasteiger partial charge in [-0.25, -0.2) is 0 Å². The van der Waals surface area contributed by atoms with Crippen molar-refractivity contribution in [1.29, 1.82) is 0 Å². The summed E-state index contributed by atoms with van der Waals surface area (Å²) in [5.74, 6) is 0.824. The molecule has 2 aliphatic rings. The molecular formula is C15H17NO. The van der Waals surface area contributed by atoms with Crippen molar-refractivity contribution >= 4 is 5.91 Å². The van der Waals surface area contributed by atoms with Gasteiger partial charge in [-0.2, -0.15) is 0 Å². The second-order valence-electron chi connectivity index (χ2n) is 4.96. The Morgan fingerprint density at radius 3 is 2.82 bits per heavy atom. The first-order valence-corrected chi connectivity index (χ1v) is 6.36. The molecule has 17 heavy (non-hydrogen) atoms. The molecule has 0 radical (unpaired) electrons. The standard InChI is InChI=1S/C15H17NO/c17-15-8-4-7-14-11-13(9-10-16(14)15)12-5-2-1-3-6-12/h1-6,8,13-14H,7,9-11H2/t13-,14+/m1/s1. The minimum Gasteiger partial charge on any atom is -0.336 e. The lowest BCUT2D eigenvalue weighted by Gasteiger charge is -2.40. The highest BCUT2D eigenvalue weighted by Crippen LogP contribution is 2.34. The van der Waals surface area contributed by atoms with Crippen molar-refractivity contribution in [3.05, 3.63) is 48.0 Å². The Hall–Kier alpha value is -1.57. The number of amides is 1. The lowest BCUT2D eigenvalue weighted by atomic mass is 9.83. The zero-order valence-corrected chi connectivity index (χ0v) is 9.88. The molecule has 0 bridgehead atoms. The van der Waals surface area contributed by atoms with Crippen molar-refractivity contribution in [3.8, 4) is 0 Å². The van der Waals surface area contributed by atoms with Gasteiger partial charge in [-0.15, -0.1) is 0 Å². The van der Waals surface area contributed by atoms with Crippen LogP contribution in [0.3, 0.4) is 0 Å². The van der Waals surface area contributed by atoms with E-state index in [1.807, 2.05) is 11.0 Å². The van der Waals surface area contributed by atoms with E-state index in [9.17, 15) is 4.79 Å². The van der Waals surface area contributed by atoms with Gasteiger partial charge in [-0.1, -0.05) is 36.4 Å². The number of carbonyl (C=O) groups is 1. The molecule has 2 heteroatoms. The molecule has 1 fully saturated rings. The van der Waals surface area contributed by atoms with Crippen molar-refractivity contribution in [1.82, 2.24) is 4.90 Å². The van der Waals surface area contributed by atoms with Gasteiger partial charge in [0, 0.05) is 12.6 Å². The van der Waals surface area contributed by atoms with E-state index in [0.717, 1.165) is 25.8 Å². The Kier molecular flexibility index (Phi) is 2.71. The summed E-state index contributed by atoms with van der Waals surface area (Å²) in [6.07, 6.45) is 6.98. The topological polar surface area (TPSA) is 20.3 Å². The molecule has 0 aromatic heterocycles. The molecule has 2 nitrogen and oxygen atoms in total. The molecule has 2 heterocycles. The third-order valence-corrected chi connectivity index (χ3v) is 3.94. The van der Waals surface area contributed by atoms with Crippen LogP contribution in [0.15, 0.2) is 42.5 Å². The molecule has 2 atom stereocenters. The summed E-state index contributed by atoms with van der Waals surface area (Å²) >= 11 is 0. The first kappa shape index (κ1) is 10.6. The van der Waals surface area contributed by atoms with Crippen molar-refractivity contribution in [2.45, 2.75) is 31.2 Å². The van der Waals surface area contributed by atoms with Crippen LogP contribution in [-0.4, -0.2) is 23.4 Å². The van der Waals surface area contributed by atoms with Crippen molar-refractivity contribution in [3.63, 3.8) is 0 Å². The second kappa shape index (κ2) is 4.36. The Morgan fingerprint density at radius 2 is 2.00 bits per heavy atom. The Morgan fingerprint density at radius 1 is 1.18 bits per heavy atom. The van der Waals surface area contributed by atoms with Crippen LogP contribution < -0.4 is 0 Å². The maximum atomic E-state index is 11.7. The minimum atomic E-state index is 0.202. The van der Waals surface area contributed by atoms with Gasteiger partial charge in [-0.05, 0) is 36.8 Å². The van der Waals surface area contributed by atoms with Gasteiger partial charge >= 0.3 is 0 Å². The molecular weight excluding hydrogens is 210 g/mol. The average molecular weight is 227 g/mol. The number of hydrogen-bond acceptors (Lipinski definition) is 1. The number of fused-ring (bicyclic) bond motifs is 1. The van der Waals surface area contributed by atoms with Crippen LogP contribution in [0.5, 0.6) is 0 Å². The van der Waals surface area contributed by atoms with Crippen LogP contribution in [0.4, 0.5) is 0 Å². The van der Waals surface area contributed by atoms with E-state index in [4.69, 9.17) is 0 Å². The zero-order chi connectivity index (χ0) is 11.7. The fraction of sp³-hybridized carbons (Fsp3) is 0.400. The molecule has 0 aliphatic carbocycles. The van der Waals surface area contributed by atoms with E-state index in [1.165, 1.54) is 5.56 Å². The normalized spacial score (nSPS) is 28.0. The first-order valence-electron chi connectivity index (χ1n) is 6.36. The molecule has 0 spiro atoms. The molecule has 88 valence electrons. The van der Waals surface area contributed by atoms with Gasteiger partial charge in [0.25, 0.3) is 0 Å². The van der Waals surface area contributed by atoms with Gasteiger partial charge in [-0.3, -0.25) is 4.79 Å². The van der Waals surface area contributed by atoms with Crippen molar-refractivity contribution in [2.24, 2.45) is 0 Å². The van der Waals surface area contributed by atoms with E-state index in [1.54, 1.807) is 6.08 Å². The van der Waals surface area contributed by atoms with Crippen LogP contribution in [0.2, 0.25) is 0 Å². The minimum absolute atomic E-state index is 0.202. The molecule has 2 aliphatic heterocycles. The fourth-order valence-corrected chi connectivity index (χ4v) is 3.01.